The summed E-state index contributed by atoms with van der Waals surface area (Å²) in [5.41, 5.74) is 9.33. The van der Waals surface area contributed by atoms with Crippen molar-refractivity contribution in [1.82, 2.24) is 0 Å². The van der Waals surface area contributed by atoms with Crippen molar-refractivity contribution in [3.05, 3.63) is 0 Å². The number of carboxylic acid groups (broad SMARTS) is 1. The number of hydrogen-bond donors (Lipinski definition) is 4. The Balaban J connectivity index is 0.000000500. The standard InChI is InChI=1S/C7H14N2O2.CH2O2/c8-5-1-3-7(11,4-2-5)6(9)10;2-1-3/h5,11H,1-4,8H2,(H2,9,10);1H,(H,2,3). The number of carbonyl (C=O) groups excluding carboxylic acids is 1. The van der Waals surface area contributed by atoms with Gasteiger partial charge in [-0.15, -0.1) is 0 Å². The van der Waals surface area contributed by atoms with E-state index in [1.165, 1.54) is 0 Å². The van der Waals surface area contributed by atoms with Crippen molar-refractivity contribution < 1.29 is 19.8 Å². The summed E-state index contributed by atoms with van der Waals surface area (Å²) in [7, 11) is 0. The second-order valence-corrected chi connectivity index (χ2v) is 3.34. The molecule has 6 heteroatoms. The van der Waals surface area contributed by atoms with Crippen molar-refractivity contribution in [3.8, 4) is 0 Å². The number of amides is 1. The number of carbonyl (C=O) groups is 2. The van der Waals surface area contributed by atoms with Crippen LogP contribution in [0.1, 0.15) is 25.7 Å². The number of rotatable bonds is 1. The molecule has 0 aromatic rings. The molecule has 1 saturated carbocycles. The molecule has 0 spiro atoms. The molecule has 6 nitrogen and oxygen atoms in total. The van der Waals surface area contributed by atoms with Gasteiger partial charge in [-0.2, -0.15) is 0 Å². The molecule has 0 unspecified atom stereocenters. The van der Waals surface area contributed by atoms with E-state index in [2.05, 4.69) is 0 Å². The summed E-state index contributed by atoms with van der Waals surface area (Å²) in [6, 6.07) is 0.120. The molecule has 1 rings (SSSR count). The van der Waals surface area contributed by atoms with Crippen molar-refractivity contribution in [2.45, 2.75) is 37.3 Å². The summed E-state index contributed by atoms with van der Waals surface area (Å²) in [6.07, 6.45) is 2.17. The summed E-state index contributed by atoms with van der Waals surface area (Å²) >= 11 is 0. The fourth-order valence-corrected chi connectivity index (χ4v) is 1.36. The lowest BCUT2D eigenvalue weighted by Gasteiger charge is -2.31. The van der Waals surface area contributed by atoms with Crippen LogP contribution in [0.3, 0.4) is 0 Å². The highest BCUT2D eigenvalue weighted by Gasteiger charge is 2.37. The first kappa shape index (κ1) is 12.9. The van der Waals surface area contributed by atoms with E-state index < -0.39 is 11.5 Å². The average Bonchev–Trinajstić information content (AvgIpc) is 2.11. The van der Waals surface area contributed by atoms with Crippen molar-refractivity contribution in [3.63, 3.8) is 0 Å². The second kappa shape index (κ2) is 5.56. The molecule has 82 valence electrons. The third-order valence-corrected chi connectivity index (χ3v) is 2.32. The van der Waals surface area contributed by atoms with Crippen LogP contribution in [0.4, 0.5) is 0 Å². The zero-order chi connectivity index (χ0) is 11.2. The Morgan fingerprint density at radius 3 is 2.07 bits per heavy atom. The Labute approximate surface area is 81.9 Å². The van der Waals surface area contributed by atoms with Crippen LogP contribution in [-0.4, -0.2) is 34.2 Å². The normalized spacial score (nSPS) is 31.1. The Kier molecular flexibility index (Phi) is 5.11. The second-order valence-electron chi connectivity index (χ2n) is 3.34. The molecule has 0 saturated heterocycles. The third-order valence-electron chi connectivity index (χ3n) is 2.32. The number of hydrogen-bond acceptors (Lipinski definition) is 4. The van der Waals surface area contributed by atoms with Gasteiger partial charge in [-0.25, -0.2) is 0 Å². The number of aliphatic hydroxyl groups is 1. The maximum Gasteiger partial charge on any atom is 0.290 e. The molecule has 0 aromatic heterocycles. The molecule has 1 amide bonds. The van der Waals surface area contributed by atoms with E-state index in [0.29, 0.717) is 25.7 Å². The molecule has 0 radical (unpaired) electrons. The van der Waals surface area contributed by atoms with Gasteiger partial charge in [0.05, 0.1) is 0 Å². The minimum atomic E-state index is -1.28. The van der Waals surface area contributed by atoms with E-state index in [1.807, 2.05) is 0 Å². The Hall–Kier alpha value is -1.14. The molecule has 0 atom stereocenters. The summed E-state index contributed by atoms with van der Waals surface area (Å²) in [4.78, 5) is 19.1. The Morgan fingerprint density at radius 1 is 1.43 bits per heavy atom. The molecule has 1 aliphatic rings. The van der Waals surface area contributed by atoms with Crippen LogP contribution >= 0.6 is 0 Å². The lowest BCUT2D eigenvalue weighted by Crippen LogP contribution is -2.48. The topological polar surface area (TPSA) is 127 Å². The molecule has 1 fully saturated rings. The summed E-state index contributed by atoms with van der Waals surface area (Å²) in [6.45, 7) is -0.250. The molecular formula is C8H16N2O4. The van der Waals surface area contributed by atoms with Crippen molar-refractivity contribution in [2.75, 3.05) is 0 Å². The zero-order valence-corrected chi connectivity index (χ0v) is 7.85. The van der Waals surface area contributed by atoms with Crippen LogP contribution in [-0.2, 0) is 9.59 Å². The fraction of sp³-hybridized carbons (Fsp3) is 0.750. The van der Waals surface area contributed by atoms with Gasteiger partial charge >= 0.3 is 0 Å². The first-order chi connectivity index (χ1) is 6.46. The SMILES string of the molecule is NC(=O)C1(O)CCC(N)CC1.O=CO. The molecule has 6 N–H and O–H groups in total. The van der Waals surface area contributed by atoms with Crippen LogP contribution in [0.2, 0.25) is 0 Å². The van der Waals surface area contributed by atoms with Gasteiger partial charge in [-0.05, 0) is 25.7 Å². The van der Waals surface area contributed by atoms with E-state index in [9.17, 15) is 9.90 Å². The summed E-state index contributed by atoms with van der Waals surface area (Å²) in [5, 5.41) is 16.4. The maximum atomic E-state index is 10.7. The number of primary amides is 1. The minimum Gasteiger partial charge on any atom is -0.483 e. The summed E-state index contributed by atoms with van der Waals surface area (Å²) < 4.78 is 0. The van der Waals surface area contributed by atoms with Crippen LogP contribution in [0, 0.1) is 0 Å². The van der Waals surface area contributed by atoms with Crippen LogP contribution in [0.15, 0.2) is 0 Å². The van der Waals surface area contributed by atoms with Gasteiger partial charge < -0.3 is 21.7 Å². The van der Waals surface area contributed by atoms with E-state index in [1.54, 1.807) is 0 Å². The zero-order valence-electron chi connectivity index (χ0n) is 7.85. The lowest BCUT2D eigenvalue weighted by molar-refractivity contribution is -0.139. The smallest absolute Gasteiger partial charge is 0.290 e. The van der Waals surface area contributed by atoms with Gasteiger partial charge in [-0.3, -0.25) is 9.59 Å². The van der Waals surface area contributed by atoms with Gasteiger partial charge in [-0.1, -0.05) is 0 Å². The highest BCUT2D eigenvalue weighted by atomic mass is 16.3. The van der Waals surface area contributed by atoms with E-state index in [-0.39, 0.29) is 12.5 Å². The van der Waals surface area contributed by atoms with E-state index in [0.717, 1.165) is 0 Å². The monoisotopic (exact) mass is 204 g/mol. The largest absolute Gasteiger partial charge is 0.483 e. The molecule has 0 heterocycles. The van der Waals surface area contributed by atoms with Gasteiger partial charge in [0.1, 0.15) is 5.60 Å². The average molecular weight is 204 g/mol. The third kappa shape index (κ3) is 3.71. The van der Waals surface area contributed by atoms with E-state index >= 15 is 0 Å². The van der Waals surface area contributed by atoms with Gasteiger partial charge in [0.15, 0.2) is 0 Å². The molecule has 0 aliphatic heterocycles. The molecule has 14 heavy (non-hydrogen) atoms. The van der Waals surface area contributed by atoms with Gasteiger partial charge in [0, 0.05) is 6.04 Å². The Morgan fingerprint density at radius 2 is 1.79 bits per heavy atom. The van der Waals surface area contributed by atoms with Gasteiger partial charge in [0.25, 0.3) is 6.47 Å². The highest BCUT2D eigenvalue weighted by molar-refractivity contribution is 5.83. The first-order valence-corrected chi connectivity index (χ1v) is 4.32. The van der Waals surface area contributed by atoms with Crippen LogP contribution in [0.5, 0.6) is 0 Å². The van der Waals surface area contributed by atoms with Gasteiger partial charge in [0.2, 0.25) is 5.91 Å². The summed E-state index contributed by atoms with van der Waals surface area (Å²) in [5.74, 6) is -0.621. The highest BCUT2D eigenvalue weighted by Crippen LogP contribution is 2.26. The van der Waals surface area contributed by atoms with Crippen LogP contribution in [0.25, 0.3) is 0 Å². The minimum absolute atomic E-state index is 0.120. The van der Waals surface area contributed by atoms with E-state index in [4.69, 9.17) is 21.4 Å². The predicted octanol–water partition coefficient (Wildman–Crippen LogP) is -1.20. The maximum absolute atomic E-state index is 10.7. The number of nitrogens with two attached hydrogens (primary N) is 2. The molecular weight excluding hydrogens is 188 g/mol. The Bertz CT molecular complexity index is 200. The molecule has 0 aromatic carbocycles. The molecule has 1 aliphatic carbocycles. The quantitative estimate of drug-likeness (QED) is 0.399. The van der Waals surface area contributed by atoms with Crippen molar-refractivity contribution >= 4 is 12.4 Å². The lowest BCUT2D eigenvalue weighted by atomic mass is 9.82. The first-order valence-electron chi connectivity index (χ1n) is 4.32. The van der Waals surface area contributed by atoms with Crippen molar-refractivity contribution in [1.29, 1.82) is 0 Å². The van der Waals surface area contributed by atoms with Crippen molar-refractivity contribution in [2.24, 2.45) is 11.5 Å². The molecule has 0 bridgehead atoms. The van der Waals surface area contributed by atoms with Crippen LogP contribution < -0.4 is 11.5 Å². The predicted molar refractivity (Wildman–Crippen MR) is 49.3 cm³/mol. The fourth-order valence-electron chi connectivity index (χ4n) is 1.36.